The van der Waals surface area contributed by atoms with Gasteiger partial charge in [-0.15, -0.1) is 0 Å². The van der Waals surface area contributed by atoms with E-state index >= 15 is 0 Å². The number of ether oxygens (including phenoxy) is 1. The zero-order chi connectivity index (χ0) is 7.11. The number of rotatable bonds is 4. The van der Waals surface area contributed by atoms with Crippen LogP contribution in [0.2, 0.25) is 0 Å². The minimum absolute atomic E-state index is 0. The molecule has 0 bridgehead atoms. The molecule has 0 aromatic carbocycles. The summed E-state index contributed by atoms with van der Waals surface area (Å²) in [5.74, 6) is -0.0940. The molecule has 0 spiro atoms. The Labute approximate surface area is 62.3 Å². The van der Waals surface area contributed by atoms with Crippen LogP contribution in [0, 0.1) is 0 Å². The SMILES string of the molecule is CCCCCC(=O)OC.N. The van der Waals surface area contributed by atoms with Crippen molar-refractivity contribution in [2.75, 3.05) is 7.11 Å². The number of unbranched alkanes of at least 4 members (excludes halogenated alkanes) is 2. The molecule has 0 radical (unpaired) electrons. The Kier molecular flexibility index (Phi) is 10.2. The molecule has 3 nitrogen and oxygen atoms in total. The number of carbonyl (C=O) groups excluding carboxylic acids is 1. The van der Waals surface area contributed by atoms with Gasteiger partial charge in [0.2, 0.25) is 0 Å². The van der Waals surface area contributed by atoms with Crippen molar-refractivity contribution in [1.82, 2.24) is 6.15 Å². The Morgan fingerprint density at radius 3 is 2.40 bits per heavy atom. The molecule has 0 amide bonds. The van der Waals surface area contributed by atoms with Crippen molar-refractivity contribution < 1.29 is 9.53 Å². The lowest BCUT2D eigenvalue weighted by atomic mass is 10.2. The third kappa shape index (κ3) is 7.43. The minimum atomic E-state index is -0.0940. The lowest BCUT2D eigenvalue weighted by Gasteiger charge is -1.95. The summed E-state index contributed by atoms with van der Waals surface area (Å²) in [7, 11) is 1.42. The van der Waals surface area contributed by atoms with Crippen LogP contribution in [0.15, 0.2) is 0 Å². The molecule has 0 fully saturated rings. The van der Waals surface area contributed by atoms with Gasteiger partial charge in [-0.05, 0) is 6.42 Å². The number of hydrogen-bond donors (Lipinski definition) is 1. The summed E-state index contributed by atoms with van der Waals surface area (Å²) in [6.07, 6.45) is 3.81. The lowest BCUT2D eigenvalue weighted by Crippen LogP contribution is -1.98. The molecule has 0 aliphatic carbocycles. The molecule has 0 aliphatic heterocycles. The molecule has 62 valence electrons. The van der Waals surface area contributed by atoms with Crippen LogP contribution in [-0.2, 0) is 9.53 Å². The maximum absolute atomic E-state index is 10.5. The smallest absolute Gasteiger partial charge is 0.305 e. The van der Waals surface area contributed by atoms with Gasteiger partial charge in [0.1, 0.15) is 0 Å². The van der Waals surface area contributed by atoms with E-state index in [-0.39, 0.29) is 12.1 Å². The first-order valence-electron chi connectivity index (χ1n) is 3.38. The van der Waals surface area contributed by atoms with E-state index in [1.54, 1.807) is 0 Å². The molecule has 3 N–H and O–H groups in total. The highest BCUT2D eigenvalue weighted by atomic mass is 16.5. The van der Waals surface area contributed by atoms with Crippen LogP contribution in [0.4, 0.5) is 0 Å². The van der Waals surface area contributed by atoms with Crippen molar-refractivity contribution in [2.24, 2.45) is 0 Å². The second-order valence-corrected chi connectivity index (χ2v) is 2.03. The fourth-order valence-electron chi connectivity index (χ4n) is 0.621. The topological polar surface area (TPSA) is 61.3 Å². The molecule has 0 atom stereocenters. The van der Waals surface area contributed by atoms with Gasteiger partial charge < -0.3 is 10.9 Å². The van der Waals surface area contributed by atoms with Crippen LogP contribution < -0.4 is 6.15 Å². The maximum atomic E-state index is 10.5. The van der Waals surface area contributed by atoms with Crippen LogP contribution in [0.25, 0.3) is 0 Å². The Morgan fingerprint density at radius 1 is 1.40 bits per heavy atom. The van der Waals surface area contributed by atoms with Gasteiger partial charge in [0, 0.05) is 6.42 Å². The van der Waals surface area contributed by atoms with Crippen LogP contribution in [0.5, 0.6) is 0 Å². The monoisotopic (exact) mass is 147 g/mol. The lowest BCUT2D eigenvalue weighted by molar-refractivity contribution is -0.140. The van der Waals surface area contributed by atoms with E-state index in [0.29, 0.717) is 6.42 Å². The van der Waals surface area contributed by atoms with E-state index in [4.69, 9.17) is 0 Å². The molecular formula is C7H17NO2. The van der Waals surface area contributed by atoms with Crippen molar-refractivity contribution in [1.29, 1.82) is 0 Å². The summed E-state index contributed by atoms with van der Waals surface area (Å²) in [5, 5.41) is 0. The summed E-state index contributed by atoms with van der Waals surface area (Å²) in [4.78, 5) is 10.5. The Balaban J connectivity index is 0. The van der Waals surface area contributed by atoms with E-state index in [1.165, 1.54) is 7.11 Å². The first-order chi connectivity index (χ1) is 4.31. The van der Waals surface area contributed by atoms with Crippen molar-refractivity contribution >= 4 is 5.97 Å². The molecule has 0 saturated carbocycles. The van der Waals surface area contributed by atoms with Crippen LogP contribution in [-0.4, -0.2) is 13.1 Å². The van der Waals surface area contributed by atoms with Gasteiger partial charge in [-0.25, -0.2) is 0 Å². The predicted molar refractivity (Wildman–Crippen MR) is 41.2 cm³/mol. The molecule has 0 aliphatic rings. The van der Waals surface area contributed by atoms with Crippen LogP contribution >= 0.6 is 0 Å². The van der Waals surface area contributed by atoms with E-state index in [1.807, 2.05) is 0 Å². The van der Waals surface area contributed by atoms with E-state index in [2.05, 4.69) is 11.7 Å². The molecular weight excluding hydrogens is 130 g/mol. The zero-order valence-corrected chi connectivity index (χ0v) is 6.85. The fraction of sp³-hybridized carbons (Fsp3) is 0.857. The van der Waals surface area contributed by atoms with Crippen molar-refractivity contribution in [3.8, 4) is 0 Å². The average molecular weight is 147 g/mol. The molecule has 0 rings (SSSR count). The summed E-state index contributed by atoms with van der Waals surface area (Å²) in [5.41, 5.74) is 0. The van der Waals surface area contributed by atoms with E-state index < -0.39 is 0 Å². The standard InChI is InChI=1S/C7H14O2.H3N/c1-3-4-5-6-7(8)9-2;/h3-6H2,1-2H3;1H3. The average Bonchev–Trinajstić information content (AvgIpc) is 1.89. The van der Waals surface area contributed by atoms with Crippen molar-refractivity contribution in [2.45, 2.75) is 32.6 Å². The molecule has 3 heteroatoms. The van der Waals surface area contributed by atoms with Gasteiger partial charge in [0.15, 0.2) is 0 Å². The number of carbonyl (C=O) groups is 1. The second kappa shape index (κ2) is 8.43. The van der Waals surface area contributed by atoms with E-state index in [0.717, 1.165) is 19.3 Å². The summed E-state index contributed by atoms with van der Waals surface area (Å²) >= 11 is 0. The van der Waals surface area contributed by atoms with E-state index in [9.17, 15) is 4.79 Å². The third-order valence-electron chi connectivity index (χ3n) is 1.21. The molecule has 0 saturated heterocycles. The minimum Gasteiger partial charge on any atom is -0.469 e. The Hall–Kier alpha value is -0.570. The Bertz CT molecular complexity index is 83.7. The summed E-state index contributed by atoms with van der Waals surface area (Å²) < 4.78 is 4.46. The highest BCUT2D eigenvalue weighted by Crippen LogP contribution is 1.98. The van der Waals surface area contributed by atoms with Gasteiger partial charge in [0.05, 0.1) is 7.11 Å². The quantitative estimate of drug-likeness (QED) is 0.488. The van der Waals surface area contributed by atoms with Gasteiger partial charge >= 0.3 is 5.97 Å². The molecule has 0 aromatic heterocycles. The van der Waals surface area contributed by atoms with Gasteiger partial charge in [-0.1, -0.05) is 19.8 Å². The van der Waals surface area contributed by atoms with Crippen LogP contribution in [0.1, 0.15) is 32.6 Å². The third-order valence-corrected chi connectivity index (χ3v) is 1.21. The maximum Gasteiger partial charge on any atom is 0.305 e. The van der Waals surface area contributed by atoms with Gasteiger partial charge in [-0.3, -0.25) is 4.79 Å². The molecule has 0 aromatic rings. The van der Waals surface area contributed by atoms with Gasteiger partial charge in [-0.2, -0.15) is 0 Å². The second-order valence-electron chi connectivity index (χ2n) is 2.03. The summed E-state index contributed by atoms with van der Waals surface area (Å²) in [6, 6.07) is 0. The number of esters is 1. The Morgan fingerprint density at radius 2 is 2.00 bits per heavy atom. The molecule has 0 heterocycles. The first kappa shape index (κ1) is 12.1. The number of hydrogen-bond acceptors (Lipinski definition) is 3. The summed E-state index contributed by atoms with van der Waals surface area (Å²) in [6.45, 7) is 2.11. The first-order valence-corrected chi connectivity index (χ1v) is 3.38. The largest absolute Gasteiger partial charge is 0.469 e. The van der Waals surface area contributed by atoms with Crippen molar-refractivity contribution in [3.05, 3.63) is 0 Å². The molecule has 10 heavy (non-hydrogen) atoms. The fourth-order valence-corrected chi connectivity index (χ4v) is 0.621. The predicted octanol–water partition coefficient (Wildman–Crippen LogP) is 1.90. The highest BCUT2D eigenvalue weighted by molar-refractivity contribution is 5.68. The highest BCUT2D eigenvalue weighted by Gasteiger charge is 1.96. The van der Waals surface area contributed by atoms with Crippen LogP contribution in [0.3, 0.4) is 0 Å². The zero-order valence-electron chi connectivity index (χ0n) is 6.85. The number of methoxy groups -OCH3 is 1. The van der Waals surface area contributed by atoms with Gasteiger partial charge in [0.25, 0.3) is 0 Å². The normalized spacial score (nSPS) is 8.20. The molecule has 0 unspecified atom stereocenters. The van der Waals surface area contributed by atoms with Crippen molar-refractivity contribution in [3.63, 3.8) is 0 Å².